The van der Waals surface area contributed by atoms with Crippen LogP contribution in [0.5, 0.6) is 0 Å². The van der Waals surface area contributed by atoms with Crippen LogP contribution in [0.15, 0.2) is 35.5 Å². The van der Waals surface area contributed by atoms with Gasteiger partial charge in [0.25, 0.3) is 0 Å². The van der Waals surface area contributed by atoms with Crippen LogP contribution in [0, 0.1) is 13.8 Å². The molecule has 1 N–H and O–H groups in total. The van der Waals surface area contributed by atoms with E-state index in [0.29, 0.717) is 12.8 Å². The molecule has 0 fully saturated rings. The lowest BCUT2D eigenvalue weighted by molar-refractivity contribution is -0.116. The lowest BCUT2D eigenvalue weighted by Gasteiger charge is -2.12. The van der Waals surface area contributed by atoms with E-state index < -0.39 is 0 Å². The molecule has 1 amide bonds. The van der Waals surface area contributed by atoms with Crippen LogP contribution in [0.25, 0.3) is 10.8 Å². The molecule has 1 aromatic heterocycles. The Morgan fingerprint density at radius 3 is 2.48 bits per heavy atom. The maximum absolute atomic E-state index is 12.6. The van der Waals surface area contributed by atoms with Crippen LogP contribution in [0.3, 0.4) is 0 Å². The van der Waals surface area contributed by atoms with Crippen molar-refractivity contribution < 1.29 is 4.79 Å². The first-order chi connectivity index (χ1) is 13.1. The molecule has 4 rings (SSSR count). The summed E-state index contributed by atoms with van der Waals surface area (Å²) in [5.41, 5.74) is 6.68. The first-order valence-electron chi connectivity index (χ1n) is 9.28. The summed E-state index contributed by atoms with van der Waals surface area (Å²) in [6.45, 7) is 3.98. The summed E-state index contributed by atoms with van der Waals surface area (Å²) < 4.78 is 0. The molecule has 1 heterocycles. The van der Waals surface area contributed by atoms with E-state index in [1.807, 2.05) is 26.2 Å². The molecule has 0 aliphatic heterocycles. The molecule has 3 aromatic rings. The van der Waals surface area contributed by atoms with Gasteiger partial charge in [-0.25, -0.2) is 9.97 Å². The molecule has 2 aromatic carbocycles. The topological polar surface area (TPSA) is 54.9 Å². The fraction of sp³-hybridized carbons (Fsp3) is 0.318. The fourth-order valence-electron chi connectivity index (χ4n) is 3.97. The van der Waals surface area contributed by atoms with E-state index in [4.69, 9.17) is 0 Å². The van der Waals surface area contributed by atoms with Crippen LogP contribution in [-0.2, 0) is 24.1 Å². The van der Waals surface area contributed by atoms with E-state index in [-0.39, 0.29) is 5.91 Å². The number of thioether (sulfide) groups is 1. The minimum absolute atomic E-state index is 0.0291. The summed E-state index contributed by atoms with van der Waals surface area (Å²) in [7, 11) is 0. The maximum atomic E-state index is 12.6. The number of carbonyl (C=O) groups excluding carboxylic acids is 1. The Kier molecular flexibility index (Phi) is 4.87. The van der Waals surface area contributed by atoms with E-state index >= 15 is 0 Å². The molecule has 1 aliphatic rings. The predicted molar refractivity (Wildman–Crippen MR) is 112 cm³/mol. The summed E-state index contributed by atoms with van der Waals surface area (Å²) in [5, 5.41) is 6.37. The molecule has 0 bridgehead atoms. The van der Waals surface area contributed by atoms with Crippen LogP contribution in [0.4, 0.5) is 5.69 Å². The van der Waals surface area contributed by atoms with Gasteiger partial charge >= 0.3 is 0 Å². The number of rotatable bonds is 5. The van der Waals surface area contributed by atoms with Crippen LogP contribution in [0.2, 0.25) is 0 Å². The maximum Gasteiger partial charge on any atom is 0.224 e. The van der Waals surface area contributed by atoms with Gasteiger partial charge in [0.2, 0.25) is 5.91 Å². The van der Waals surface area contributed by atoms with E-state index in [2.05, 4.69) is 39.6 Å². The number of benzene rings is 2. The number of hydrogen-bond acceptors (Lipinski definition) is 4. The summed E-state index contributed by atoms with van der Waals surface area (Å²) in [6, 6.07) is 10.6. The smallest absolute Gasteiger partial charge is 0.224 e. The molecule has 27 heavy (non-hydrogen) atoms. The lowest BCUT2D eigenvalue weighted by atomic mass is 10.0. The van der Waals surface area contributed by atoms with Crippen molar-refractivity contribution in [3.63, 3.8) is 0 Å². The zero-order valence-corrected chi connectivity index (χ0v) is 16.7. The number of aryl methyl sites for hydroxylation is 4. The zero-order valence-electron chi connectivity index (χ0n) is 15.9. The van der Waals surface area contributed by atoms with Crippen LogP contribution >= 0.6 is 11.8 Å². The molecule has 0 atom stereocenters. The first-order valence-corrected chi connectivity index (χ1v) is 10.5. The van der Waals surface area contributed by atoms with Crippen molar-refractivity contribution in [2.45, 2.75) is 44.7 Å². The highest BCUT2D eigenvalue weighted by Gasteiger charge is 2.17. The number of nitrogens with zero attached hydrogens (tertiary/aromatic N) is 2. The summed E-state index contributed by atoms with van der Waals surface area (Å²) >= 11 is 1.54. The molecule has 0 saturated carbocycles. The Labute approximate surface area is 163 Å². The Morgan fingerprint density at radius 2 is 1.78 bits per heavy atom. The number of nitrogens with one attached hydrogen (secondary N) is 1. The monoisotopic (exact) mass is 377 g/mol. The van der Waals surface area contributed by atoms with E-state index in [1.54, 1.807) is 0 Å². The SMILES string of the molecule is CSc1nc(C)c(CCC(=O)Nc2ccc3c4c(cccc24)CC3)c(C)n1. The molecule has 138 valence electrons. The third kappa shape index (κ3) is 3.44. The minimum atomic E-state index is 0.0291. The Morgan fingerprint density at radius 1 is 1.07 bits per heavy atom. The van der Waals surface area contributed by atoms with Crippen molar-refractivity contribution in [3.05, 3.63) is 58.4 Å². The van der Waals surface area contributed by atoms with Gasteiger partial charge in [0.05, 0.1) is 0 Å². The highest BCUT2D eigenvalue weighted by Crippen LogP contribution is 2.35. The van der Waals surface area contributed by atoms with Gasteiger partial charge in [-0.2, -0.15) is 0 Å². The molecule has 4 nitrogen and oxygen atoms in total. The Hall–Kier alpha value is -2.40. The van der Waals surface area contributed by atoms with Gasteiger partial charge in [-0.05, 0) is 67.5 Å². The quantitative estimate of drug-likeness (QED) is 0.520. The third-order valence-corrected chi connectivity index (χ3v) is 5.88. The number of hydrogen-bond donors (Lipinski definition) is 1. The molecular formula is C22H23N3OS. The number of amides is 1. The molecule has 0 radical (unpaired) electrons. The molecule has 0 saturated heterocycles. The summed E-state index contributed by atoms with van der Waals surface area (Å²) in [4.78, 5) is 21.6. The first kappa shape index (κ1) is 18.0. The summed E-state index contributed by atoms with van der Waals surface area (Å²) in [6.07, 6.45) is 5.23. The van der Waals surface area contributed by atoms with Crippen LogP contribution in [-0.4, -0.2) is 22.1 Å². The number of carbonyl (C=O) groups is 1. The average molecular weight is 378 g/mol. The standard InChI is InChI=1S/C22H23N3OS/c1-13-17(14(2)24-22(23-13)27-3)10-12-20(26)25-19-11-9-16-8-7-15-5-4-6-18(19)21(15)16/h4-6,9,11H,7-8,10,12H2,1-3H3,(H,25,26). The van der Waals surface area contributed by atoms with Gasteiger partial charge in [-0.15, -0.1) is 0 Å². The molecule has 0 unspecified atom stereocenters. The zero-order chi connectivity index (χ0) is 19.0. The second-order valence-corrected chi connectivity index (χ2v) is 7.79. The number of anilines is 1. The van der Waals surface area contributed by atoms with Crippen molar-refractivity contribution in [2.24, 2.45) is 0 Å². The largest absolute Gasteiger partial charge is 0.326 e. The van der Waals surface area contributed by atoms with Gasteiger partial charge in [0.1, 0.15) is 0 Å². The minimum Gasteiger partial charge on any atom is -0.326 e. The summed E-state index contributed by atoms with van der Waals surface area (Å²) in [5.74, 6) is 0.0291. The predicted octanol–water partition coefficient (Wildman–Crippen LogP) is 4.64. The second kappa shape index (κ2) is 7.31. The van der Waals surface area contributed by atoms with Crippen molar-refractivity contribution in [1.29, 1.82) is 0 Å². The van der Waals surface area contributed by atoms with Crippen LogP contribution in [0.1, 0.15) is 34.5 Å². The fourth-order valence-corrected chi connectivity index (χ4v) is 4.43. The Balaban J connectivity index is 1.51. The van der Waals surface area contributed by atoms with E-state index in [0.717, 1.165) is 46.0 Å². The van der Waals surface area contributed by atoms with Crippen LogP contribution < -0.4 is 5.32 Å². The highest BCUT2D eigenvalue weighted by atomic mass is 32.2. The normalized spacial score (nSPS) is 12.6. The molecule has 5 heteroatoms. The highest BCUT2D eigenvalue weighted by molar-refractivity contribution is 7.98. The van der Waals surface area contributed by atoms with Crippen molar-refractivity contribution in [3.8, 4) is 0 Å². The number of aromatic nitrogens is 2. The van der Waals surface area contributed by atoms with Crippen molar-refractivity contribution >= 4 is 34.1 Å². The Bertz CT molecular complexity index is 1010. The second-order valence-electron chi connectivity index (χ2n) is 7.02. The van der Waals surface area contributed by atoms with Gasteiger partial charge < -0.3 is 5.32 Å². The average Bonchev–Trinajstić information content (AvgIpc) is 3.08. The van der Waals surface area contributed by atoms with Gasteiger partial charge in [0, 0.05) is 28.9 Å². The van der Waals surface area contributed by atoms with Gasteiger partial charge in [0.15, 0.2) is 5.16 Å². The lowest BCUT2D eigenvalue weighted by Crippen LogP contribution is -2.14. The van der Waals surface area contributed by atoms with E-state index in [9.17, 15) is 4.79 Å². The van der Waals surface area contributed by atoms with E-state index in [1.165, 1.54) is 28.3 Å². The third-order valence-electron chi connectivity index (χ3n) is 5.34. The molecule has 0 spiro atoms. The van der Waals surface area contributed by atoms with Crippen molar-refractivity contribution in [2.75, 3.05) is 11.6 Å². The van der Waals surface area contributed by atoms with Gasteiger partial charge in [-0.3, -0.25) is 4.79 Å². The molecular weight excluding hydrogens is 354 g/mol. The van der Waals surface area contributed by atoms with Crippen molar-refractivity contribution in [1.82, 2.24) is 9.97 Å². The molecule has 1 aliphatic carbocycles. The van der Waals surface area contributed by atoms with Gasteiger partial charge in [-0.1, -0.05) is 36.0 Å².